The molecule has 2 aliphatic heterocycles. The molecule has 3 rings (SSSR count). The minimum absolute atomic E-state index is 0.000920. The molecule has 1 amide bonds. The number of carbonyl (C=O) groups is 1. The van der Waals surface area contributed by atoms with Crippen LogP contribution in [0.15, 0.2) is 18.2 Å². The van der Waals surface area contributed by atoms with Gasteiger partial charge in [-0.15, -0.1) is 0 Å². The quantitative estimate of drug-likeness (QED) is 0.852. The lowest BCUT2D eigenvalue weighted by Crippen LogP contribution is -2.46. The number of hydrogen-bond donors (Lipinski definition) is 1. The summed E-state index contributed by atoms with van der Waals surface area (Å²) in [4.78, 5) is 14.4. The summed E-state index contributed by atoms with van der Waals surface area (Å²) in [6.07, 6.45) is 6.53. The number of nitrogens with zero attached hydrogens (tertiary/aromatic N) is 1. The predicted molar refractivity (Wildman–Crippen MR) is 91.4 cm³/mol. The number of methoxy groups -OCH3 is 1. The Kier molecular flexibility index (Phi) is 5.25. The maximum absolute atomic E-state index is 12.5. The number of amides is 1. The second-order valence-corrected chi connectivity index (χ2v) is 6.00. The highest BCUT2D eigenvalue weighted by molar-refractivity contribution is 5.92. The molecule has 1 atom stereocenters. The van der Waals surface area contributed by atoms with E-state index in [1.807, 2.05) is 17.0 Å². The maximum Gasteiger partial charge on any atom is 0.246 e. The first-order valence-electron chi connectivity index (χ1n) is 8.39. The fraction of sp³-hybridized carbons (Fsp3) is 0.500. The second-order valence-electron chi connectivity index (χ2n) is 6.00. The Hall–Kier alpha value is -2.21. The molecule has 2 N–H and O–H groups in total. The number of fused-ring (bicyclic) bond motifs is 1. The first-order valence-corrected chi connectivity index (χ1v) is 8.39. The van der Waals surface area contributed by atoms with E-state index in [4.69, 9.17) is 19.9 Å². The van der Waals surface area contributed by atoms with E-state index in [2.05, 4.69) is 0 Å². The van der Waals surface area contributed by atoms with E-state index in [-0.39, 0.29) is 11.9 Å². The summed E-state index contributed by atoms with van der Waals surface area (Å²) in [6.45, 7) is 2.30. The maximum atomic E-state index is 12.5. The summed E-state index contributed by atoms with van der Waals surface area (Å²) in [5, 5.41) is 0. The van der Waals surface area contributed by atoms with Crippen LogP contribution in [0, 0.1) is 0 Å². The molecule has 1 unspecified atom stereocenters. The van der Waals surface area contributed by atoms with Crippen molar-refractivity contribution >= 4 is 12.0 Å². The van der Waals surface area contributed by atoms with Crippen LogP contribution in [0.2, 0.25) is 0 Å². The first kappa shape index (κ1) is 16.6. The molecule has 2 aliphatic rings. The van der Waals surface area contributed by atoms with Gasteiger partial charge in [0.1, 0.15) is 13.2 Å². The Labute approximate surface area is 142 Å². The van der Waals surface area contributed by atoms with Gasteiger partial charge in [-0.3, -0.25) is 4.79 Å². The van der Waals surface area contributed by atoms with Crippen LogP contribution in [-0.2, 0) is 4.79 Å². The fourth-order valence-corrected chi connectivity index (χ4v) is 3.19. The molecule has 0 aliphatic carbocycles. The molecule has 6 heteroatoms. The highest BCUT2D eigenvalue weighted by Crippen LogP contribution is 2.40. The standard InChI is InChI=1S/C18H24N2O4/c1-22-15-10-13(11-16-18(15)24-9-8-23-16)5-6-17(21)20-7-3-2-4-14(20)12-19/h5-6,10-11,14H,2-4,7-9,12,19H2,1H3. The summed E-state index contributed by atoms with van der Waals surface area (Å²) in [5.74, 6) is 1.87. The third kappa shape index (κ3) is 3.48. The average molecular weight is 332 g/mol. The average Bonchev–Trinajstić information content (AvgIpc) is 2.65. The number of benzene rings is 1. The summed E-state index contributed by atoms with van der Waals surface area (Å²) in [6, 6.07) is 3.84. The van der Waals surface area contributed by atoms with E-state index in [9.17, 15) is 4.79 Å². The zero-order valence-corrected chi connectivity index (χ0v) is 14.0. The molecule has 6 nitrogen and oxygen atoms in total. The van der Waals surface area contributed by atoms with Crippen molar-refractivity contribution < 1.29 is 19.0 Å². The van der Waals surface area contributed by atoms with Gasteiger partial charge in [0.15, 0.2) is 11.5 Å². The largest absolute Gasteiger partial charge is 0.493 e. The van der Waals surface area contributed by atoms with Crippen molar-refractivity contribution in [1.82, 2.24) is 4.90 Å². The van der Waals surface area contributed by atoms with Crippen LogP contribution in [0.5, 0.6) is 17.2 Å². The molecule has 1 aromatic carbocycles. The molecule has 0 bridgehead atoms. The normalized spacial score (nSPS) is 20.2. The number of rotatable bonds is 4. The summed E-state index contributed by atoms with van der Waals surface area (Å²) < 4.78 is 16.6. The van der Waals surface area contributed by atoms with Crippen molar-refractivity contribution in [3.63, 3.8) is 0 Å². The summed E-state index contributed by atoms with van der Waals surface area (Å²) in [5.41, 5.74) is 6.63. The number of nitrogens with two attached hydrogens (primary N) is 1. The SMILES string of the molecule is COc1cc(C=CC(=O)N2CCCCC2CN)cc2c1OCCO2. The Morgan fingerprint density at radius 3 is 3.00 bits per heavy atom. The summed E-state index contributed by atoms with van der Waals surface area (Å²) in [7, 11) is 1.59. The van der Waals surface area contributed by atoms with Gasteiger partial charge in [-0.1, -0.05) is 0 Å². The molecule has 2 heterocycles. The monoisotopic (exact) mass is 332 g/mol. The van der Waals surface area contributed by atoms with E-state index in [0.717, 1.165) is 31.4 Å². The molecule has 1 aromatic rings. The molecule has 1 saturated heterocycles. The van der Waals surface area contributed by atoms with Crippen LogP contribution in [0.25, 0.3) is 6.08 Å². The Balaban J connectivity index is 1.77. The number of hydrogen-bond acceptors (Lipinski definition) is 5. The van der Waals surface area contributed by atoms with Crippen molar-refractivity contribution in [2.45, 2.75) is 25.3 Å². The summed E-state index contributed by atoms with van der Waals surface area (Å²) >= 11 is 0. The number of carbonyl (C=O) groups excluding carboxylic acids is 1. The van der Waals surface area contributed by atoms with Crippen molar-refractivity contribution in [2.75, 3.05) is 33.4 Å². The van der Waals surface area contributed by atoms with Crippen molar-refractivity contribution in [1.29, 1.82) is 0 Å². The lowest BCUT2D eigenvalue weighted by Gasteiger charge is -2.34. The molecule has 0 saturated carbocycles. The lowest BCUT2D eigenvalue weighted by molar-refractivity contribution is -0.129. The van der Waals surface area contributed by atoms with Gasteiger partial charge in [0, 0.05) is 25.2 Å². The van der Waals surface area contributed by atoms with Crippen molar-refractivity contribution in [3.8, 4) is 17.2 Å². The smallest absolute Gasteiger partial charge is 0.246 e. The molecule has 0 spiro atoms. The van der Waals surface area contributed by atoms with Crippen molar-refractivity contribution in [3.05, 3.63) is 23.8 Å². The Morgan fingerprint density at radius 1 is 1.38 bits per heavy atom. The van der Waals surface area contributed by atoms with Crippen LogP contribution in [0.3, 0.4) is 0 Å². The van der Waals surface area contributed by atoms with Crippen LogP contribution in [0.1, 0.15) is 24.8 Å². The molecular weight excluding hydrogens is 308 g/mol. The van der Waals surface area contributed by atoms with Crippen molar-refractivity contribution in [2.24, 2.45) is 5.73 Å². The number of piperidine rings is 1. The van der Waals surface area contributed by atoms with Crippen LogP contribution in [0.4, 0.5) is 0 Å². The molecule has 1 fully saturated rings. The van der Waals surface area contributed by atoms with Gasteiger partial charge in [-0.2, -0.15) is 0 Å². The minimum Gasteiger partial charge on any atom is -0.493 e. The van der Waals surface area contributed by atoms with Gasteiger partial charge in [0.05, 0.1) is 7.11 Å². The molecule has 0 aromatic heterocycles. The molecule has 0 radical (unpaired) electrons. The lowest BCUT2D eigenvalue weighted by atomic mass is 10.0. The van der Waals surface area contributed by atoms with Crippen LogP contribution >= 0.6 is 0 Å². The first-order chi connectivity index (χ1) is 11.7. The van der Waals surface area contributed by atoms with E-state index < -0.39 is 0 Å². The zero-order valence-electron chi connectivity index (χ0n) is 14.0. The highest BCUT2D eigenvalue weighted by Gasteiger charge is 2.24. The molecular formula is C18H24N2O4. The van der Waals surface area contributed by atoms with E-state index in [1.165, 1.54) is 0 Å². The highest BCUT2D eigenvalue weighted by atomic mass is 16.6. The number of ether oxygens (including phenoxy) is 3. The van der Waals surface area contributed by atoms with Gasteiger partial charge in [-0.25, -0.2) is 0 Å². The second kappa shape index (κ2) is 7.57. The number of likely N-dealkylation sites (tertiary alicyclic amines) is 1. The van der Waals surface area contributed by atoms with Gasteiger partial charge in [0.2, 0.25) is 11.7 Å². The van der Waals surface area contributed by atoms with E-state index in [0.29, 0.717) is 37.0 Å². The Morgan fingerprint density at radius 2 is 2.21 bits per heavy atom. The van der Waals surface area contributed by atoms with Crippen LogP contribution < -0.4 is 19.9 Å². The molecule has 24 heavy (non-hydrogen) atoms. The van der Waals surface area contributed by atoms with E-state index >= 15 is 0 Å². The third-order valence-corrected chi connectivity index (χ3v) is 4.45. The minimum atomic E-state index is -0.000920. The fourth-order valence-electron chi connectivity index (χ4n) is 3.19. The van der Waals surface area contributed by atoms with Crippen LogP contribution in [-0.4, -0.2) is 50.3 Å². The Bertz CT molecular complexity index is 612. The topological polar surface area (TPSA) is 74.0 Å². The molecule has 130 valence electrons. The third-order valence-electron chi connectivity index (χ3n) is 4.45. The van der Waals surface area contributed by atoms with Gasteiger partial charge >= 0.3 is 0 Å². The van der Waals surface area contributed by atoms with E-state index in [1.54, 1.807) is 19.3 Å². The predicted octanol–water partition coefficient (Wildman–Crippen LogP) is 1.82. The van der Waals surface area contributed by atoms with Gasteiger partial charge in [0.25, 0.3) is 0 Å². The zero-order chi connectivity index (χ0) is 16.9. The van der Waals surface area contributed by atoms with Gasteiger partial charge in [-0.05, 0) is 43.0 Å². The van der Waals surface area contributed by atoms with Gasteiger partial charge < -0.3 is 24.8 Å².